The summed E-state index contributed by atoms with van der Waals surface area (Å²) >= 11 is 0. The summed E-state index contributed by atoms with van der Waals surface area (Å²) in [4.78, 5) is 11.0. The van der Waals surface area contributed by atoms with Crippen LogP contribution in [0.5, 0.6) is 0 Å². The Labute approximate surface area is 60.2 Å². The van der Waals surface area contributed by atoms with Crippen molar-refractivity contribution in [3.05, 3.63) is 0 Å². The van der Waals surface area contributed by atoms with E-state index in [4.69, 9.17) is 0 Å². The first-order valence-electron chi connectivity index (χ1n) is 3.90. The summed E-state index contributed by atoms with van der Waals surface area (Å²) in [5, 5.41) is 6.16. The smallest absolute Gasteiger partial charge is 0.237 e. The van der Waals surface area contributed by atoms with Crippen molar-refractivity contribution in [2.45, 2.75) is 31.3 Å². The van der Waals surface area contributed by atoms with Gasteiger partial charge in [-0.15, -0.1) is 0 Å². The molecule has 3 heteroatoms. The van der Waals surface area contributed by atoms with Gasteiger partial charge in [0.25, 0.3) is 0 Å². The minimum atomic E-state index is 0.118. The molecule has 3 nitrogen and oxygen atoms in total. The summed E-state index contributed by atoms with van der Waals surface area (Å²) in [6.07, 6.45) is 3.34. The van der Waals surface area contributed by atoms with Crippen molar-refractivity contribution in [2.24, 2.45) is 0 Å². The van der Waals surface area contributed by atoms with Gasteiger partial charge in [0.2, 0.25) is 5.91 Å². The Hall–Kier alpha value is -0.570. The van der Waals surface area contributed by atoms with Crippen molar-refractivity contribution in [3.8, 4) is 0 Å². The number of carbonyl (C=O) groups is 1. The molecule has 2 bridgehead atoms. The third-order valence-electron chi connectivity index (χ3n) is 2.30. The Morgan fingerprint density at radius 2 is 2.40 bits per heavy atom. The van der Waals surface area contributed by atoms with Gasteiger partial charge < -0.3 is 10.6 Å². The van der Waals surface area contributed by atoms with E-state index < -0.39 is 0 Å². The van der Waals surface area contributed by atoms with Gasteiger partial charge in [0.1, 0.15) is 0 Å². The molecule has 0 saturated carbocycles. The number of rotatable bonds is 0. The van der Waals surface area contributed by atoms with Crippen molar-refractivity contribution < 1.29 is 4.79 Å². The number of amides is 1. The van der Waals surface area contributed by atoms with E-state index >= 15 is 0 Å². The number of hydrogen-bond donors (Lipinski definition) is 2. The third kappa shape index (κ3) is 0.904. The topological polar surface area (TPSA) is 41.1 Å². The minimum absolute atomic E-state index is 0.118. The molecule has 0 aromatic rings. The van der Waals surface area contributed by atoms with Crippen molar-refractivity contribution >= 4 is 5.91 Å². The monoisotopic (exact) mass is 140 g/mol. The first kappa shape index (κ1) is 6.16. The predicted octanol–water partition coefficient (Wildman–Crippen LogP) is -0.373. The molecule has 2 saturated heterocycles. The lowest BCUT2D eigenvalue weighted by atomic mass is 10.1. The van der Waals surface area contributed by atoms with E-state index in [1.807, 2.05) is 0 Å². The van der Waals surface area contributed by atoms with Crippen LogP contribution in [-0.4, -0.2) is 24.5 Å². The largest absolute Gasteiger partial charge is 0.352 e. The van der Waals surface area contributed by atoms with Gasteiger partial charge in [0.05, 0.1) is 6.04 Å². The summed E-state index contributed by atoms with van der Waals surface area (Å²) in [6.45, 7) is 1.01. The summed E-state index contributed by atoms with van der Waals surface area (Å²) < 4.78 is 0. The van der Waals surface area contributed by atoms with Crippen molar-refractivity contribution in [2.75, 3.05) is 6.54 Å². The normalized spacial score (nSPS) is 39.0. The fourth-order valence-electron chi connectivity index (χ4n) is 1.74. The average molecular weight is 140 g/mol. The van der Waals surface area contributed by atoms with Crippen LogP contribution in [0, 0.1) is 0 Å². The molecule has 2 aliphatic heterocycles. The molecule has 2 N–H and O–H groups in total. The molecule has 2 rings (SSSR count). The van der Waals surface area contributed by atoms with Crippen molar-refractivity contribution in [1.29, 1.82) is 0 Å². The van der Waals surface area contributed by atoms with Gasteiger partial charge in [-0.2, -0.15) is 0 Å². The highest BCUT2D eigenvalue weighted by molar-refractivity contribution is 5.84. The van der Waals surface area contributed by atoms with E-state index in [9.17, 15) is 4.79 Å². The van der Waals surface area contributed by atoms with E-state index in [0.717, 1.165) is 19.4 Å². The Kier molecular flexibility index (Phi) is 1.38. The second-order valence-electron chi connectivity index (χ2n) is 3.09. The predicted molar refractivity (Wildman–Crippen MR) is 37.6 cm³/mol. The van der Waals surface area contributed by atoms with E-state index in [2.05, 4.69) is 10.6 Å². The fraction of sp³-hybridized carbons (Fsp3) is 0.857. The SMILES string of the molecule is O=C1N[C@@H]2CCCNC1C2. The Morgan fingerprint density at radius 3 is 3.30 bits per heavy atom. The zero-order valence-electron chi connectivity index (χ0n) is 5.89. The number of carbonyl (C=O) groups excluding carboxylic acids is 1. The molecule has 1 amide bonds. The molecule has 2 aliphatic rings. The van der Waals surface area contributed by atoms with Crippen LogP contribution >= 0.6 is 0 Å². The zero-order valence-corrected chi connectivity index (χ0v) is 5.89. The van der Waals surface area contributed by atoms with Crippen LogP contribution in [0.15, 0.2) is 0 Å². The molecule has 0 aliphatic carbocycles. The Bertz CT molecular complexity index is 158. The molecule has 0 aromatic carbocycles. The Morgan fingerprint density at radius 1 is 1.50 bits per heavy atom. The lowest BCUT2D eigenvalue weighted by Crippen LogP contribution is -2.38. The van der Waals surface area contributed by atoms with Crippen LogP contribution < -0.4 is 10.6 Å². The van der Waals surface area contributed by atoms with Crippen molar-refractivity contribution in [3.63, 3.8) is 0 Å². The highest BCUT2D eigenvalue weighted by Gasteiger charge is 2.32. The number of hydrogen-bond acceptors (Lipinski definition) is 2. The zero-order chi connectivity index (χ0) is 6.97. The maximum atomic E-state index is 11.0. The highest BCUT2D eigenvalue weighted by Crippen LogP contribution is 2.15. The summed E-state index contributed by atoms with van der Waals surface area (Å²) in [5.41, 5.74) is 0. The minimum Gasteiger partial charge on any atom is -0.352 e. The summed E-state index contributed by atoms with van der Waals surface area (Å²) in [7, 11) is 0. The molecule has 0 aromatic heterocycles. The first-order valence-corrected chi connectivity index (χ1v) is 3.90. The molecule has 56 valence electrons. The van der Waals surface area contributed by atoms with Crippen LogP contribution in [0.3, 0.4) is 0 Å². The highest BCUT2D eigenvalue weighted by atomic mass is 16.2. The molecule has 2 atom stereocenters. The van der Waals surface area contributed by atoms with Crippen molar-refractivity contribution in [1.82, 2.24) is 10.6 Å². The quantitative estimate of drug-likeness (QED) is 0.482. The molecular weight excluding hydrogens is 128 g/mol. The van der Waals surface area contributed by atoms with E-state index in [0.29, 0.717) is 6.04 Å². The van der Waals surface area contributed by atoms with Gasteiger partial charge in [0.15, 0.2) is 0 Å². The van der Waals surface area contributed by atoms with Gasteiger partial charge in [-0.05, 0) is 25.8 Å². The van der Waals surface area contributed by atoms with Gasteiger partial charge in [-0.3, -0.25) is 4.79 Å². The average Bonchev–Trinajstić information content (AvgIpc) is 2.18. The van der Waals surface area contributed by atoms with E-state index in [1.54, 1.807) is 0 Å². The van der Waals surface area contributed by atoms with E-state index in [1.165, 1.54) is 6.42 Å². The van der Waals surface area contributed by atoms with Crippen LogP contribution in [0.25, 0.3) is 0 Å². The molecule has 10 heavy (non-hydrogen) atoms. The first-order chi connectivity index (χ1) is 4.86. The van der Waals surface area contributed by atoms with E-state index in [-0.39, 0.29) is 11.9 Å². The maximum absolute atomic E-state index is 11.0. The van der Waals surface area contributed by atoms with Gasteiger partial charge in [0, 0.05) is 6.04 Å². The molecule has 0 spiro atoms. The summed E-state index contributed by atoms with van der Waals surface area (Å²) in [6, 6.07) is 0.583. The van der Waals surface area contributed by atoms with Crippen LogP contribution in [0.4, 0.5) is 0 Å². The molecule has 0 radical (unpaired) electrons. The lowest BCUT2D eigenvalue weighted by Gasteiger charge is -2.09. The lowest BCUT2D eigenvalue weighted by molar-refractivity contribution is -0.121. The molecular formula is C7H12N2O. The third-order valence-corrected chi connectivity index (χ3v) is 2.30. The van der Waals surface area contributed by atoms with Gasteiger partial charge in [-0.25, -0.2) is 0 Å². The summed E-state index contributed by atoms with van der Waals surface area (Å²) in [5.74, 6) is 0.199. The fourth-order valence-corrected chi connectivity index (χ4v) is 1.74. The van der Waals surface area contributed by atoms with Gasteiger partial charge in [-0.1, -0.05) is 0 Å². The number of nitrogens with one attached hydrogen (secondary N) is 2. The van der Waals surface area contributed by atoms with Gasteiger partial charge >= 0.3 is 0 Å². The number of fused-ring (bicyclic) bond motifs is 2. The molecule has 2 heterocycles. The maximum Gasteiger partial charge on any atom is 0.237 e. The Balaban J connectivity index is 2.09. The van der Waals surface area contributed by atoms with Crippen LogP contribution in [-0.2, 0) is 4.79 Å². The second-order valence-corrected chi connectivity index (χ2v) is 3.09. The van der Waals surface area contributed by atoms with Crippen LogP contribution in [0.1, 0.15) is 19.3 Å². The van der Waals surface area contributed by atoms with Crippen LogP contribution in [0.2, 0.25) is 0 Å². The molecule has 1 unspecified atom stereocenters. The molecule has 2 fully saturated rings. The second kappa shape index (κ2) is 2.23. The standard InChI is InChI=1S/C7H12N2O/c10-7-6-4-5(9-7)2-1-3-8-6/h5-6,8H,1-4H2,(H,9,10)/t5-,6?/m1/s1.